The first-order chi connectivity index (χ1) is 9.33. The van der Waals surface area contributed by atoms with Crippen molar-refractivity contribution < 1.29 is 9.84 Å². The summed E-state index contributed by atoms with van der Waals surface area (Å²) in [6, 6.07) is 3.87. The Morgan fingerprint density at radius 3 is 3.11 bits per heavy atom. The highest BCUT2D eigenvalue weighted by Crippen LogP contribution is 2.13. The number of pyridine rings is 1. The molecule has 2 rings (SSSR count). The Labute approximate surface area is 112 Å². The van der Waals surface area contributed by atoms with Crippen LogP contribution in [0.4, 0.5) is 0 Å². The summed E-state index contributed by atoms with van der Waals surface area (Å²) in [6.45, 7) is 2.02. The number of rotatable bonds is 7. The lowest BCUT2D eigenvalue weighted by molar-refractivity contribution is 0.269. The lowest BCUT2D eigenvalue weighted by Crippen LogP contribution is -2.13. The second kappa shape index (κ2) is 6.86. The Kier molecular flexibility index (Phi) is 4.88. The SMILES string of the molecule is COc1ncccc1CNCc1cnn(CCO)c1. The molecule has 6 heteroatoms. The van der Waals surface area contributed by atoms with Crippen LogP contribution < -0.4 is 10.1 Å². The maximum atomic E-state index is 8.81. The summed E-state index contributed by atoms with van der Waals surface area (Å²) in [6.07, 6.45) is 5.42. The van der Waals surface area contributed by atoms with Crippen LogP contribution in [0.3, 0.4) is 0 Å². The number of aliphatic hydroxyl groups excluding tert-OH is 1. The molecular formula is C13H18N4O2. The van der Waals surface area contributed by atoms with Crippen LogP contribution in [-0.2, 0) is 19.6 Å². The van der Waals surface area contributed by atoms with Crippen molar-refractivity contribution in [2.75, 3.05) is 13.7 Å². The van der Waals surface area contributed by atoms with Crippen molar-refractivity contribution in [1.29, 1.82) is 0 Å². The average molecular weight is 262 g/mol. The van der Waals surface area contributed by atoms with Crippen molar-refractivity contribution >= 4 is 0 Å². The van der Waals surface area contributed by atoms with Crippen molar-refractivity contribution in [1.82, 2.24) is 20.1 Å². The van der Waals surface area contributed by atoms with Gasteiger partial charge in [-0.2, -0.15) is 5.10 Å². The summed E-state index contributed by atoms with van der Waals surface area (Å²) < 4.78 is 6.91. The van der Waals surface area contributed by atoms with E-state index in [1.807, 2.05) is 18.3 Å². The molecule has 0 spiro atoms. The third-order valence-electron chi connectivity index (χ3n) is 2.70. The van der Waals surface area contributed by atoms with Crippen molar-refractivity contribution in [3.8, 4) is 5.88 Å². The van der Waals surface area contributed by atoms with Crippen LogP contribution >= 0.6 is 0 Å². The summed E-state index contributed by atoms with van der Waals surface area (Å²) in [5, 5.41) is 16.3. The molecule has 0 saturated heterocycles. The molecule has 0 aliphatic carbocycles. The van der Waals surface area contributed by atoms with Gasteiger partial charge in [-0.15, -0.1) is 0 Å². The van der Waals surface area contributed by atoms with E-state index in [4.69, 9.17) is 9.84 Å². The van der Waals surface area contributed by atoms with E-state index >= 15 is 0 Å². The van der Waals surface area contributed by atoms with E-state index in [0.29, 0.717) is 25.5 Å². The number of hydrogen-bond donors (Lipinski definition) is 2. The highest BCUT2D eigenvalue weighted by atomic mass is 16.5. The van der Waals surface area contributed by atoms with Gasteiger partial charge in [-0.25, -0.2) is 4.98 Å². The van der Waals surface area contributed by atoms with Gasteiger partial charge in [0.2, 0.25) is 5.88 Å². The number of aromatic nitrogens is 3. The molecule has 0 aliphatic heterocycles. The molecule has 0 radical (unpaired) electrons. The Hall–Kier alpha value is -1.92. The number of ether oxygens (including phenoxy) is 1. The third-order valence-corrected chi connectivity index (χ3v) is 2.70. The highest BCUT2D eigenvalue weighted by molar-refractivity contribution is 5.25. The number of nitrogens with one attached hydrogen (secondary N) is 1. The molecule has 0 unspecified atom stereocenters. The van der Waals surface area contributed by atoms with E-state index in [0.717, 1.165) is 11.1 Å². The average Bonchev–Trinajstić information content (AvgIpc) is 2.87. The minimum absolute atomic E-state index is 0.0986. The smallest absolute Gasteiger partial charge is 0.217 e. The highest BCUT2D eigenvalue weighted by Gasteiger charge is 2.03. The monoisotopic (exact) mass is 262 g/mol. The van der Waals surface area contributed by atoms with Crippen LogP contribution in [-0.4, -0.2) is 33.6 Å². The van der Waals surface area contributed by atoms with Crippen LogP contribution in [0.1, 0.15) is 11.1 Å². The van der Waals surface area contributed by atoms with Gasteiger partial charge in [0.25, 0.3) is 0 Å². The molecule has 0 atom stereocenters. The number of nitrogens with zero attached hydrogens (tertiary/aromatic N) is 3. The Bertz CT molecular complexity index is 513. The predicted molar refractivity (Wildman–Crippen MR) is 70.6 cm³/mol. The largest absolute Gasteiger partial charge is 0.481 e. The molecule has 6 nitrogen and oxygen atoms in total. The Morgan fingerprint density at radius 1 is 1.42 bits per heavy atom. The van der Waals surface area contributed by atoms with Crippen LogP contribution in [0.5, 0.6) is 5.88 Å². The molecule has 2 N–H and O–H groups in total. The maximum absolute atomic E-state index is 8.81. The minimum atomic E-state index is 0.0986. The number of aliphatic hydroxyl groups is 1. The van der Waals surface area contributed by atoms with Crippen LogP contribution in [0.25, 0.3) is 0 Å². The van der Waals surface area contributed by atoms with Crippen LogP contribution in [0.15, 0.2) is 30.7 Å². The third kappa shape index (κ3) is 3.77. The topological polar surface area (TPSA) is 72.2 Å². The quantitative estimate of drug-likeness (QED) is 0.763. The molecule has 0 fully saturated rings. The zero-order valence-corrected chi connectivity index (χ0v) is 10.9. The molecule has 19 heavy (non-hydrogen) atoms. The fourth-order valence-corrected chi connectivity index (χ4v) is 1.81. The van der Waals surface area contributed by atoms with Gasteiger partial charge in [0.15, 0.2) is 0 Å². The Morgan fingerprint density at radius 2 is 2.32 bits per heavy atom. The predicted octanol–water partition coefficient (Wildman–Crippen LogP) is 0.569. The molecular weight excluding hydrogens is 244 g/mol. The molecule has 0 aliphatic rings. The van der Waals surface area contributed by atoms with Crippen molar-refractivity contribution in [2.45, 2.75) is 19.6 Å². The first-order valence-electron chi connectivity index (χ1n) is 6.14. The van der Waals surface area contributed by atoms with Gasteiger partial charge in [0.05, 0.1) is 26.5 Å². The van der Waals surface area contributed by atoms with Crippen LogP contribution in [0, 0.1) is 0 Å². The normalized spacial score (nSPS) is 10.6. The van der Waals surface area contributed by atoms with Gasteiger partial charge in [-0.05, 0) is 6.07 Å². The van der Waals surface area contributed by atoms with E-state index in [1.165, 1.54) is 0 Å². The summed E-state index contributed by atoms with van der Waals surface area (Å²) in [7, 11) is 1.62. The zero-order valence-electron chi connectivity index (χ0n) is 10.9. The van der Waals surface area contributed by atoms with E-state index < -0.39 is 0 Å². The minimum Gasteiger partial charge on any atom is -0.481 e. The molecule has 0 amide bonds. The summed E-state index contributed by atoms with van der Waals surface area (Å²) in [5.41, 5.74) is 2.10. The summed E-state index contributed by atoms with van der Waals surface area (Å²) in [4.78, 5) is 4.14. The van der Waals surface area contributed by atoms with Crippen molar-refractivity contribution in [3.05, 3.63) is 41.9 Å². The lowest BCUT2D eigenvalue weighted by atomic mass is 10.2. The van der Waals surface area contributed by atoms with Crippen molar-refractivity contribution in [3.63, 3.8) is 0 Å². The first-order valence-corrected chi connectivity index (χ1v) is 6.14. The molecule has 0 saturated carbocycles. The van der Waals surface area contributed by atoms with Gasteiger partial charge in [0.1, 0.15) is 0 Å². The molecule has 102 valence electrons. The number of methoxy groups -OCH3 is 1. The first kappa shape index (κ1) is 13.5. The lowest BCUT2D eigenvalue weighted by Gasteiger charge is -2.07. The van der Waals surface area contributed by atoms with E-state index in [1.54, 1.807) is 24.2 Å². The second-order valence-corrected chi connectivity index (χ2v) is 4.11. The van der Waals surface area contributed by atoms with Crippen molar-refractivity contribution in [2.24, 2.45) is 0 Å². The fourth-order valence-electron chi connectivity index (χ4n) is 1.81. The Balaban J connectivity index is 1.85. The van der Waals surface area contributed by atoms with E-state index in [2.05, 4.69) is 15.4 Å². The zero-order chi connectivity index (χ0) is 13.5. The fraction of sp³-hybridized carbons (Fsp3) is 0.385. The van der Waals surface area contributed by atoms with Gasteiger partial charge in [-0.3, -0.25) is 4.68 Å². The van der Waals surface area contributed by atoms with Gasteiger partial charge < -0.3 is 15.2 Å². The molecule has 2 aromatic heterocycles. The summed E-state index contributed by atoms with van der Waals surface area (Å²) >= 11 is 0. The van der Waals surface area contributed by atoms with Gasteiger partial charge in [-0.1, -0.05) is 6.07 Å². The maximum Gasteiger partial charge on any atom is 0.217 e. The number of hydrogen-bond acceptors (Lipinski definition) is 5. The molecule has 2 heterocycles. The van der Waals surface area contributed by atoms with Gasteiger partial charge in [0, 0.05) is 36.6 Å². The second-order valence-electron chi connectivity index (χ2n) is 4.11. The standard InChI is InChI=1S/C13H18N4O2/c1-19-13-12(3-2-4-15-13)9-14-7-11-8-16-17(10-11)5-6-18/h2-4,8,10,14,18H,5-7,9H2,1H3. The molecule has 2 aromatic rings. The van der Waals surface area contributed by atoms with Gasteiger partial charge >= 0.3 is 0 Å². The summed E-state index contributed by atoms with van der Waals surface area (Å²) in [5.74, 6) is 0.644. The molecule has 0 bridgehead atoms. The van der Waals surface area contributed by atoms with Crippen LogP contribution in [0.2, 0.25) is 0 Å². The van der Waals surface area contributed by atoms with E-state index in [-0.39, 0.29) is 6.61 Å². The molecule has 0 aromatic carbocycles. The van der Waals surface area contributed by atoms with E-state index in [9.17, 15) is 0 Å².